The fourth-order valence-corrected chi connectivity index (χ4v) is 3.58. The van der Waals surface area contributed by atoms with E-state index in [2.05, 4.69) is 6.07 Å². The third kappa shape index (κ3) is 3.10. The number of hydrogen-bond acceptors (Lipinski definition) is 3. The maximum absolute atomic E-state index is 13.5. The van der Waals surface area contributed by atoms with Gasteiger partial charge in [0.2, 0.25) is 5.78 Å². The molecule has 134 valence electrons. The summed E-state index contributed by atoms with van der Waals surface area (Å²) >= 11 is 0. The molecule has 0 radical (unpaired) electrons. The molecular formula is C23H21N2O2+. The average molecular weight is 357 g/mol. The number of nitrogens with two attached hydrogens (primary N) is 1. The molecule has 1 atom stereocenters. The Bertz CT molecular complexity index is 1010. The van der Waals surface area contributed by atoms with Gasteiger partial charge in [0.1, 0.15) is 12.3 Å². The van der Waals surface area contributed by atoms with Crippen LogP contribution in [0, 0.1) is 0 Å². The third-order valence-corrected chi connectivity index (χ3v) is 4.99. The second kappa shape index (κ2) is 7.08. The largest absolute Gasteiger partial charge is 0.497 e. The van der Waals surface area contributed by atoms with Gasteiger partial charge in [-0.05, 0) is 30.3 Å². The molecule has 0 bridgehead atoms. The molecule has 4 nitrogen and oxygen atoms in total. The van der Waals surface area contributed by atoms with Crippen molar-refractivity contribution in [1.29, 1.82) is 0 Å². The fourth-order valence-electron chi connectivity index (χ4n) is 3.58. The number of carbonyl (C=O) groups excluding carboxylic acids is 1. The first kappa shape index (κ1) is 17.0. The number of ether oxygens (including phenoxy) is 1. The zero-order valence-corrected chi connectivity index (χ0v) is 15.1. The number of rotatable bonds is 5. The van der Waals surface area contributed by atoms with Crippen LogP contribution in [0.25, 0.3) is 0 Å². The summed E-state index contributed by atoms with van der Waals surface area (Å²) in [6, 6.07) is 24.6. The van der Waals surface area contributed by atoms with Crippen LogP contribution in [0.2, 0.25) is 0 Å². The Balaban J connectivity index is 1.79. The second-order valence-corrected chi connectivity index (χ2v) is 6.58. The van der Waals surface area contributed by atoms with E-state index in [1.165, 1.54) is 0 Å². The predicted molar refractivity (Wildman–Crippen MR) is 105 cm³/mol. The quantitative estimate of drug-likeness (QED) is 0.561. The molecule has 0 amide bonds. The topological polar surface area (TPSA) is 55.3 Å². The molecule has 0 spiro atoms. The number of Topliss-reactive ketones (excluding diaryl/α,β-unsaturated/α-hetero) is 1. The van der Waals surface area contributed by atoms with E-state index < -0.39 is 6.04 Å². The highest BCUT2D eigenvalue weighted by atomic mass is 16.5. The molecule has 3 aromatic rings. The first-order chi connectivity index (χ1) is 13.2. The summed E-state index contributed by atoms with van der Waals surface area (Å²) in [4.78, 5) is 13.5. The van der Waals surface area contributed by atoms with E-state index in [4.69, 9.17) is 10.5 Å². The summed E-state index contributed by atoms with van der Waals surface area (Å²) in [6.45, 7) is 0.615. The Morgan fingerprint density at radius 1 is 0.963 bits per heavy atom. The zero-order chi connectivity index (χ0) is 18.8. The minimum atomic E-state index is -0.480. The monoisotopic (exact) mass is 357 g/mol. The highest BCUT2D eigenvalue weighted by Crippen LogP contribution is 2.29. The molecule has 0 saturated heterocycles. The molecule has 4 rings (SSSR count). The van der Waals surface area contributed by atoms with E-state index in [0.717, 1.165) is 22.4 Å². The van der Waals surface area contributed by atoms with Crippen molar-refractivity contribution < 1.29 is 14.1 Å². The van der Waals surface area contributed by atoms with Crippen molar-refractivity contribution in [3.05, 3.63) is 101 Å². The van der Waals surface area contributed by atoms with Gasteiger partial charge < -0.3 is 4.74 Å². The first-order valence-corrected chi connectivity index (χ1v) is 8.89. The Morgan fingerprint density at radius 3 is 2.30 bits per heavy atom. The van der Waals surface area contributed by atoms with E-state index >= 15 is 0 Å². The van der Waals surface area contributed by atoms with Gasteiger partial charge in [0.05, 0.1) is 12.7 Å². The van der Waals surface area contributed by atoms with Crippen LogP contribution in [-0.4, -0.2) is 23.3 Å². The van der Waals surface area contributed by atoms with Gasteiger partial charge in [0.25, 0.3) is 5.84 Å². The maximum atomic E-state index is 13.5. The number of amidine groups is 1. The van der Waals surface area contributed by atoms with Crippen molar-refractivity contribution in [2.75, 3.05) is 7.11 Å². The Hall–Kier alpha value is -3.40. The number of benzene rings is 3. The van der Waals surface area contributed by atoms with Crippen molar-refractivity contribution in [1.82, 2.24) is 0 Å². The number of fused-ring (bicyclic) bond motifs is 1. The van der Waals surface area contributed by atoms with E-state index in [1.54, 1.807) is 31.4 Å². The van der Waals surface area contributed by atoms with E-state index in [9.17, 15) is 4.79 Å². The minimum Gasteiger partial charge on any atom is -0.497 e. The molecule has 1 aliphatic heterocycles. The summed E-state index contributed by atoms with van der Waals surface area (Å²) in [5.74, 6) is 1.38. The lowest BCUT2D eigenvalue weighted by atomic mass is 9.96. The number of ketones is 1. The van der Waals surface area contributed by atoms with Crippen LogP contribution in [0.5, 0.6) is 5.75 Å². The average Bonchev–Trinajstić information content (AvgIpc) is 3.05. The molecule has 0 aliphatic carbocycles. The summed E-state index contributed by atoms with van der Waals surface area (Å²) in [5.41, 5.74) is 10.2. The van der Waals surface area contributed by atoms with Crippen LogP contribution in [0.4, 0.5) is 0 Å². The predicted octanol–water partition coefficient (Wildman–Crippen LogP) is 3.55. The van der Waals surface area contributed by atoms with Crippen molar-refractivity contribution >= 4 is 11.6 Å². The van der Waals surface area contributed by atoms with Gasteiger partial charge in [-0.1, -0.05) is 48.5 Å². The van der Waals surface area contributed by atoms with Gasteiger partial charge in [-0.3, -0.25) is 10.5 Å². The first-order valence-electron chi connectivity index (χ1n) is 8.89. The molecule has 4 heteroatoms. The van der Waals surface area contributed by atoms with Crippen molar-refractivity contribution in [2.45, 2.75) is 12.6 Å². The normalized spacial score (nSPS) is 14.0. The molecule has 0 fully saturated rings. The molecule has 0 aromatic heterocycles. The third-order valence-electron chi connectivity index (χ3n) is 4.99. The van der Waals surface area contributed by atoms with Crippen LogP contribution in [-0.2, 0) is 6.54 Å². The lowest BCUT2D eigenvalue weighted by Crippen LogP contribution is -2.31. The Morgan fingerprint density at radius 2 is 1.63 bits per heavy atom. The molecule has 1 heterocycles. The fraction of sp³-hybridized carbons (Fsp3) is 0.130. The minimum absolute atomic E-state index is 0.0135. The number of hydrogen-bond donors (Lipinski definition) is 1. The van der Waals surface area contributed by atoms with Gasteiger partial charge in [0.15, 0.2) is 6.04 Å². The zero-order valence-electron chi connectivity index (χ0n) is 15.1. The molecule has 3 aromatic carbocycles. The van der Waals surface area contributed by atoms with Gasteiger partial charge in [-0.15, -0.1) is 0 Å². The van der Waals surface area contributed by atoms with E-state index in [1.807, 2.05) is 53.1 Å². The SMILES string of the molecule is COc1ccc(C(=O)[C@@H](c2ccccc2)[N+]2=C(N)c3ccccc3C2)cc1. The van der Waals surface area contributed by atoms with Crippen molar-refractivity contribution in [3.8, 4) is 5.75 Å². The van der Waals surface area contributed by atoms with Gasteiger partial charge in [-0.2, -0.15) is 0 Å². The van der Waals surface area contributed by atoms with Crippen molar-refractivity contribution in [2.24, 2.45) is 5.73 Å². The lowest BCUT2D eigenvalue weighted by molar-refractivity contribution is -0.568. The summed E-state index contributed by atoms with van der Waals surface area (Å²) in [7, 11) is 1.61. The van der Waals surface area contributed by atoms with Gasteiger partial charge >= 0.3 is 0 Å². The summed E-state index contributed by atoms with van der Waals surface area (Å²) < 4.78 is 7.20. The summed E-state index contributed by atoms with van der Waals surface area (Å²) in [5, 5.41) is 0. The lowest BCUT2D eigenvalue weighted by Gasteiger charge is -2.18. The summed E-state index contributed by atoms with van der Waals surface area (Å²) in [6.07, 6.45) is 0. The Labute approximate surface area is 158 Å². The molecule has 1 aliphatic rings. The molecular weight excluding hydrogens is 336 g/mol. The smallest absolute Gasteiger partial charge is 0.276 e. The molecule has 2 N–H and O–H groups in total. The number of nitrogens with zero attached hydrogens (tertiary/aromatic N) is 1. The van der Waals surface area contributed by atoms with Crippen LogP contribution in [0.15, 0.2) is 78.9 Å². The van der Waals surface area contributed by atoms with E-state index in [0.29, 0.717) is 17.9 Å². The second-order valence-electron chi connectivity index (χ2n) is 6.58. The van der Waals surface area contributed by atoms with Gasteiger partial charge in [-0.25, -0.2) is 4.58 Å². The molecule has 0 unspecified atom stereocenters. The maximum Gasteiger partial charge on any atom is 0.276 e. The highest BCUT2D eigenvalue weighted by Gasteiger charge is 2.35. The van der Waals surface area contributed by atoms with Gasteiger partial charge in [0, 0.05) is 16.7 Å². The van der Waals surface area contributed by atoms with Crippen LogP contribution >= 0.6 is 0 Å². The van der Waals surface area contributed by atoms with Crippen molar-refractivity contribution in [3.63, 3.8) is 0 Å². The van der Waals surface area contributed by atoms with Crippen LogP contribution in [0.1, 0.15) is 33.1 Å². The molecule has 27 heavy (non-hydrogen) atoms. The Kier molecular flexibility index (Phi) is 4.47. The number of carbonyl (C=O) groups is 1. The number of methoxy groups -OCH3 is 1. The van der Waals surface area contributed by atoms with E-state index in [-0.39, 0.29) is 5.78 Å². The van der Waals surface area contributed by atoms with Crippen LogP contribution < -0.4 is 10.5 Å². The van der Waals surface area contributed by atoms with Crippen LogP contribution in [0.3, 0.4) is 0 Å². The highest BCUT2D eigenvalue weighted by molar-refractivity contribution is 6.02. The standard InChI is InChI=1S/C23H20N2O2/c1-27-19-13-11-17(12-14-19)22(26)21(16-7-3-2-4-8-16)25-15-18-9-5-6-10-20(18)23(25)24/h2-14,21,24H,15H2,1H3/p+1/t21-/m1/s1. The molecule has 0 saturated carbocycles.